The van der Waals surface area contributed by atoms with Crippen molar-refractivity contribution < 1.29 is 19.1 Å². The summed E-state index contributed by atoms with van der Waals surface area (Å²) in [4.78, 5) is 42.6. The number of alkyl carbamates (subject to hydrolysis) is 1. The molecule has 210 valence electrons. The van der Waals surface area contributed by atoms with Gasteiger partial charge in [0.15, 0.2) is 0 Å². The largest absolute Gasteiger partial charge is 0.444 e. The van der Waals surface area contributed by atoms with Gasteiger partial charge in [-0.05, 0) is 81.2 Å². The fourth-order valence-corrected chi connectivity index (χ4v) is 4.95. The molecule has 2 aromatic rings. The van der Waals surface area contributed by atoms with Crippen LogP contribution in [0.5, 0.6) is 0 Å². The normalized spacial score (nSPS) is 14.9. The van der Waals surface area contributed by atoms with Gasteiger partial charge in [0.1, 0.15) is 17.7 Å². The first-order valence-electron chi connectivity index (χ1n) is 13.5. The molecule has 39 heavy (non-hydrogen) atoms. The quantitative estimate of drug-likeness (QED) is 0.353. The second kappa shape index (κ2) is 14.2. The lowest BCUT2D eigenvalue weighted by molar-refractivity contribution is -0.147. The summed E-state index contributed by atoms with van der Waals surface area (Å²) in [6.45, 7) is 9.57. The first-order chi connectivity index (χ1) is 18.6. The molecule has 2 atom stereocenters. The molecule has 8 heteroatoms. The van der Waals surface area contributed by atoms with Crippen LogP contribution in [0.25, 0.3) is 6.08 Å². The highest BCUT2D eigenvalue weighted by molar-refractivity contribution is 7.98. The van der Waals surface area contributed by atoms with Crippen LogP contribution in [0.3, 0.4) is 0 Å². The van der Waals surface area contributed by atoms with Gasteiger partial charge in [0.05, 0.1) is 0 Å². The molecule has 1 aliphatic carbocycles. The maximum absolute atomic E-state index is 14.3. The minimum absolute atomic E-state index is 0.102. The van der Waals surface area contributed by atoms with E-state index < -0.39 is 23.8 Å². The number of hydrogen-bond acceptors (Lipinski definition) is 5. The van der Waals surface area contributed by atoms with Gasteiger partial charge in [-0.3, -0.25) is 9.59 Å². The fourth-order valence-electron chi connectivity index (χ4n) is 4.48. The Labute approximate surface area is 236 Å². The van der Waals surface area contributed by atoms with Gasteiger partial charge in [-0.15, -0.1) is 0 Å². The summed E-state index contributed by atoms with van der Waals surface area (Å²) in [5.74, 6) is 0.131. The topological polar surface area (TPSA) is 87.7 Å². The van der Waals surface area contributed by atoms with Crippen molar-refractivity contribution in [1.82, 2.24) is 15.5 Å². The van der Waals surface area contributed by atoms with Gasteiger partial charge in [-0.2, -0.15) is 11.8 Å². The number of ether oxygens (including phenoxy) is 1. The van der Waals surface area contributed by atoms with E-state index in [0.29, 0.717) is 24.3 Å². The van der Waals surface area contributed by atoms with Crippen LogP contribution in [0.2, 0.25) is 0 Å². The second-order valence-corrected chi connectivity index (χ2v) is 11.8. The van der Waals surface area contributed by atoms with Gasteiger partial charge in [0, 0.05) is 12.6 Å². The molecule has 3 amide bonds. The van der Waals surface area contributed by atoms with E-state index in [1.54, 1.807) is 43.5 Å². The highest BCUT2D eigenvalue weighted by Gasteiger charge is 2.41. The van der Waals surface area contributed by atoms with Crippen LogP contribution in [0.15, 0.2) is 61.2 Å². The lowest BCUT2D eigenvalue weighted by Crippen LogP contribution is -2.57. The molecule has 3 rings (SSSR count). The molecule has 0 radical (unpaired) electrons. The van der Waals surface area contributed by atoms with Gasteiger partial charge in [0.25, 0.3) is 0 Å². The van der Waals surface area contributed by atoms with Crippen LogP contribution in [0, 0.1) is 0 Å². The monoisotopic (exact) mass is 551 g/mol. The smallest absolute Gasteiger partial charge is 0.408 e. The van der Waals surface area contributed by atoms with Gasteiger partial charge in [-0.1, -0.05) is 61.2 Å². The van der Waals surface area contributed by atoms with E-state index in [1.165, 1.54) is 0 Å². The third-order valence-electron chi connectivity index (χ3n) is 6.62. The Kier molecular flexibility index (Phi) is 11.0. The van der Waals surface area contributed by atoms with Gasteiger partial charge < -0.3 is 20.3 Å². The Balaban J connectivity index is 1.97. The first-order valence-corrected chi connectivity index (χ1v) is 14.9. The van der Waals surface area contributed by atoms with Crippen molar-refractivity contribution in [1.29, 1.82) is 0 Å². The number of nitrogens with one attached hydrogen (secondary N) is 2. The van der Waals surface area contributed by atoms with E-state index in [2.05, 4.69) is 17.2 Å². The molecule has 2 aromatic carbocycles. The predicted molar refractivity (Wildman–Crippen MR) is 158 cm³/mol. The first kappa shape index (κ1) is 30.3. The number of carbonyl (C=O) groups excluding carboxylic acids is 3. The Morgan fingerprint density at radius 3 is 2.44 bits per heavy atom. The minimum Gasteiger partial charge on any atom is -0.444 e. The Hall–Kier alpha value is -3.26. The van der Waals surface area contributed by atoms with Crippen LogP contribution in [-0.2, 0) is 20.9 Å². The molecule has 0 saturated heterocycles. The Bertz CT molecular complexity index is 1130. The average molecular weight is 552 g/mol. The summed E-state index contributed by atoms with van der Waals surface area (Å²) in [7, 11) is 0. The molecule has 7 nitrogen and oxygen atoms in total. The minimum atomic E-state index is -0.858. The maximum Gasteiger partial charge on any atom is 0.408 e. The van der Waals surface area contributed by atoms with E-state index in [9.17, 15) is 14.4 Å². The molecule has 0 aliphatic heterocycles. The summed E-state index contributed by atoms with van der Waals surface area (Å²) < 4.78 is 5.47. The Morgan fingerprint density at radius 1 is 1.13 bits per heavy atom. The summed E-state index contributed by atoms with van der Waals surface area (Å²) in [5.41, 5.74) is 1.84. The highest BCUT2D eigenvalue weighted by Crippen LogP contribution is 2.34. The zero-order valence-electron chi connectivity index (χ0n) is 23.4. The van der Waals surface area contributed by atoms with Crippen LogP contribution in [-0.4, -0.2) is 52.5 Å². The van der Waals surface area contributed by atoms with Gasteiger partial charge >= 0.3 is 6.09 Å². The second-order valence-electron chi connectivity index (χ2n) is 10.8. The van der Waals surface area contributed by atoms with E-state index in [-0.39, 0.29) is 17.9 Å². The molecule has 1 aliphatic rings. The van der Waals surface area contributed by atoms with E-state index in [1.807, 2.05) is 60.9 Å². The van der Waals surface area contributed by atoms with Gasteiger partial charge in [0.2, 0.25) is 11.8 Å². The van der Waals surface area contributed by atoms with Crippen molar-refractivity contribution in [3.8, 4) is 0 Å². The SMILES string of the molecule is C=Cc1cccc(C(C(=O)NCc2ccccc2)N(C(=O)C(CCSC)NC(=O)OC(C)(C)C)C2CCC2)c1. The van der Waals surface area contributed by atoms with E-state index in [4.69, 9.17) is 4.74 Å². The zero-order chi connectivity index (χ0) is 28.4. The number of amides is 3. The lowest BCUT2D eigenvalue weighted by atomic mass is 9.87. The molecule has 0 aromatic heterocycles. The standard InChI is InChI=1S/C31H41N3O4S/c1-6-22-14-10-15-24(20-22)27(28(35)32-21-23-12-8-7-9-13-23)34(25-16-11-17-25)29(36)26(18-19-39-5)33-30(37)38-31(2,3)4/h6-10,12-15,20,25-27H,1,11,16-19,21H2,2-5H3,(H,32,35)(H,33,37). The summed E-state index contributed by atoms with van der Waals surface area (Å²) in [6, 6.07) is 15.5. The van der Waals surface area contributed by atoms with Crippen molar-refractivity contribution in [2.45, 2.75) is 76.7 Å². The number of carbonyl (C=O) groups is 3. The number of benzene rings is 2. The zero-order valence-corrected chi connectivity index (χ0v) is 24.3. The van der Waals surface area contributed by atoms with Crippen LogP contribution in [0.1, 0.15) is 69.2 Å². The van der Waals surface area contributed by atoms with Crippen LogP contribution in [0.4, 0.5) is 4.79 Å². The van der Waals surface area contributed by atoms with Crippen molar-refractivity contribution in [3.05, 3.63) is 77.9 Å². The molecule has 1 saturated carbocycles. The summed E-state index contributed by atoms with van der Waals surface area (Å²) in [5, 5.41) is 5.86. The maximum atomic E-state index is 14.3. The van der Waals surface area contributed by atoms with Crippen LogP contribution < -0.4 is 10.6 Å². The molecule has 2 N–H and O–H groups in total. The fraction of sp³-hybridized carbons (Fsp3) is 0.452. The molecular weight excluding hydrogens is 510 g/mol. The lowest BCUT2D eigenvalue weighted by Gasteiger charge is -2.43. The number of thioether (sulfide) groups is 1. The molecule has 0 spiro atoms. The summed E-state index contributed by atoms with van der Waals surface area (Å²) in [6.07, 6.45) is 6.05. The molecule has 1 fully saturated rings. The molecule has 0 heterocycles. The van der Waals surface area contributed by atoms with E-state index >= 15 is 0 Å². The highest BCUT2D eigenvalue weighted by atomic mass is 32.2. The van der Waals surface area contributed by atoms with Crippen molar-refractivity contribution >= 4 is 35.7 Å². The van der Waals surface area contributed by atoms with Crippen LogP contribution >= 0.6 is 11.8 Å². The number of nitrogens with zero attached hydrogens (tertiary/aromatic N) is 1. The van der Waals surface area contributed by atoms with Crippen molar-refractivity contribution in [2.75, 3.05) is 12.0 Å². The molecular formula is C31H41N3O4S. The average Bonchev–Trinajstić information content (AvgIpc) is 2.87. The molecule has 0 bridgehead atoms. The third kappa shape index (κ3) is 8.88. The van der Waals surface area contributed by atoms with Gasteiger partial charge in [-0.25, -0.2) is 4.79 Å². The Morgan fingerprint density at radius 2 is 1.85 bits per heavy atom. The predicted octanol–water partition coefficient (Wildman–Crippen LogP) is 5.71. The van der Waals surface area contributed by atoms with Crippen molar-refractivity contribution in [3.63, 3.8) is 0 Å². The third-order valence-corrected chi connectivity index (χ3v) is 7.26. The van der Waals surface area contributed by atoms with E-state index in [0.717, 1.165) is 30.4 Å². The number of rotatable bonds is 12. The number of hydrogen-bond donors (Lipinski definition) is 2. The van der Waals surface area contributed by atoms with Crippen molar-refractivity contribution in [2.24, 2.45) is 0 Å². The molecule has 2 unspecified atom stereocenters. The summed E-state index contributed by atoms with van der Waals surface area (Å²) >= 11 is 1.60.